The third kappa shape index (κ3) is 2.18. The minimum absolute atomic E-state index is 0.276. The van der Waals surface area contributed by atoms with Crippen molar-refractivity contribution < 1.29 is 20.1 Å². The van der Waals surface area contributed by atoms with E-state index in [1.165, 1.54) is 0 Å². The Bertz CT molecular complexity index is 192. The molecule has 7 heteroatoms. The predicted molar refractivity (Wildman–Crippen MR) is 46.3 cm³/mol. The summed E-state index contributed by atoms with van der Waals surface area (Å²) in [4.78, 5) is 9.90. The van der Waals surface area contributed by atoms with Gasteiger partial charge in [-0.1, -0.05) is 5.18 Å². The second-order valence-electron chi connectivity index (χ2n) is 2.85. The van der Waals surface area contributed by atoms with Gasteiger partial charge in [-0.25, -0.2) is 0 Å². The van der Waals surface area contributed by atoms with Gasteiger partial charge in [0.25, 0.3) is 0 Å². The number of thiol groups is 1. The second kappa shape index (κ2) is 4.34. The molecule has 0 saturated carbocycles. The second-order valence-corrected chi connectivity index (χ2v) is 3.36. The average Bonchev–Trinajstić information content (AvgIpc) is 2.11. The Morgan fingerprint density at radius 3 is 2.38 bits per heavy atom. The molecule has 1 saturated heterocycles. The van der Waals surface area contributed by atoms with Crippen molar-refractivity contribution in [3.8, 4) is 0 Å². The van der Waals surface area contributed by atoms with Crippen molar-refractivity contribution in [1.82, 2.24) is 0 Å². The maximum atomic E-state index is 9.90. The summed E-state index contributed by atoms with van der Waals surface area (Å²) < 4.78 is 4.93. The van der Waals surface area contributed by atoms with Crippen LogP contribution in [0.4, 0.5) is 0 Å². The van der Waals surface area contributed by atoms with E-state index in [4.69, 9.17) is 4.74 Å². The molecule has 5 atom stereocenters. The molecule has 0 aromatic rings. The number of rotatable bonds is 2. The summed E-state index contributed by atoms with van der Waals surface area (Å²) in [6.45, 7) is -0.276. The first-order valence-electron chi connectivity index (χ1n) is 3.74. The van der Waals surface area contributed by atoms with Gasteiger partial charge in [-0.2, -0.15) is 4.91 Å². The molecule has 0 aromatic heterocycles. The highest BCUT2D eigenvalue weighted by Gasteiger charge is 2.42. The fourth-order valence-corrected chi connectivity index (χ4v) is 1.49. The number of ether oxygens (including phenoxy) is 1. The molecular formula is C6H11NO5S. The zero-order valence-corrected chi connectivity index (χ0v) is 7.54. The summed E-state index contributed by atoms with van der Waals surface area (Å²) >= 11 is 3.82. The molecular weight excluding hydrogens is 198 g/mol. The Morgan fingerprint density at radius 2 is 1.85 bits per heavy atom. The first-order valence-corrected chi connectivity index (χ1v) is 4.26. The Labute approximate surface area is 79.9 Å². The maximum absolute atomic E-state index is 9.90. The van der Waals surface area contributed by atoms with Gasteiger partial charge in [0.2, 0.25) is 0 Å². The Kier molecular flexibility index (Phi) is 3.63. The summed E-state index contributed by atoms with van der Waals surface area (Å²) in [7, 11) is 0. The molecule has 0 bridgehead atoms. The maximum Gasteiger partial charge on any atom is 0.129 e. The lowest BCUT2D eigenvalue weighted by molar-refractivity contribution is -0.193. The van der Waals surface area contributed by atoms with Gasteiger partial charge in [-0.15, -0.1) is 12.6 Å². The predicted octanol–water partition coefficient (Wildman–Crippen LogP) is -1.51. The monoisotopic (exact) mass is 209 g/mol. The number of nitrogens with zero attached hydrogens (tertiary/aromatic N) is 1. The van der Waals surface area contributed by atoms with Crippen LogP contribution in [0.3, 0.4) is 0 Å². The number of nitroso groups, excluding NO2 is 1. The first kappa shape index (κ1) is 10.9. The minimum Gasteiger partial charge on any atom is -0.388 e. The van der Waals surface area contributed by atoms with Crippen molar-refractivity contribution in [1.29, 1.82) is 0 Å². The number of aliphatic hydroxyl groups is 3. The standard InChI is InChI=1S/C6H11NO5S/c8-3-2(1-7-11)12-6(13)5(10)4(3)9/h2-6,8-10,13H,1H2. The molecule has 0 aliphatic carbocycles. The van der Waals surface area contributed by atoms with E-state index in [1.54, 1.807) is 0 Å². The van der Waals surface area contributed by atoms with Crippen molar-refractivity contribution in [2.24, 2.45) is 5.18 Å². The average molecular weight is 209 g/mol. The molecule has 0 spiro atoms. The smallest absolute Gasteiger partial charge is 0.129 e. The molecule has 1 heterocycles. The molecule has 1 fully saturated rings. The van der Waals surface area contributed by atoms with Crippen LogP contribution < -0.4 is 0 Å². The molecule has 5 unspecified atom stereocenters. The van der Waals surface area contributed by atoms with E-state index >= 15 is 0 Å². The van der Waals surface area contributed by atoms with E-state index in [2.05, 4.69) is 17.8 Å². The van der Waals surface area contributed by atoms with Gasteiger partial charge < -0.3 is 20.1 Å². The Morgan fingerprint density at radius 1 is 1.23 bits per heavy atom. The van der Waals surface area contributed by atoms with Crippen LogP contribution in [0.5, 0.6) is 0 Å². The molecule has 76 valence electrons. The zero-order valence-electron chi connectivity index (χ0n) is 6.65. The number of aliphatic hydroxyl groups excluding tert-OH is 3. The van der Waals surface area contributed by atoms with Gasteiger partial charge >= 0.3 is 0 Å². The zero-order chi connectivity index (χ0) is 10.0. The van der Waals surface area contributed by atoms with Crippen LogP contribution in [-0.4, -0.2) is 51.7 Å². The van der Waals surface area contributed by atoms with Crippen LogP contribution in [0, 0.1) is 4.91 Å². The highest BCUT2D eigenvalue weighted by molar-refractivity contribution is 7.80. The molecule has 1 aliphatic heterocycles. The summed E-state index contributed by atoms with van der Waals surface area (Å²) in [6, 6.07) is 0. The van der Waals surface area contributed by atoms with Gasteiger partial charge in [-0.3, -0.25) is 0 Å². The van der Waals surface area contributed by atoms with Crippen LogP contribution in [-0.2, 0) is 4.74 Å². The van der Waals surface area contributed by atoms with Gasteiger partial charge in [0.05, 0.1) is 0 Å². The first-order chi connectivity index (χ1) is 6.07. The summed E-state index contributed by atoms with van der Waals surface area (Å²) in [5.41, 5.74) is -0.912. The molecule has 3 N–H and O–H groups in total. The normalized spacial score (nSPS) is 46.0. The Balaban J connectivity index is 2.64. The van der Waals surface area contributed by atoms with E-state index in [9.17, 15) is 20.2 Å². The van der Waals surface area contributed by atoms with Crippen LogP contribution in [0.25, 0.3) is 0 Å². The minimum atomic E-state index is -1.36. The van der Waals surface area contributed by atoms with Gasteiger partial charge in [0.15, 0.2) is 0 Å². The molecule has 0 amide bonds. The third-order valence-corrected chi connectivity index (χ3v) is 2.37. The molecule has 6 nitrogen and oxygen atoms in total. The number of hydrogen-bond acceptors (Lipinski definition) is 7. The van der Waals surface area contributed by atoms with E-state index in [1.807, 2.05) is 0 Å². The Hall–Kier alpha value is -0.210. The summed E-state index contributed by atoms with van der Waals surface area (Å²) in [5.74, 6) is 0. The van der Waals surface area contributed by atoms with Crippen molar-refractivity contribution in [2.45, 2.75) is 29.9 Å². The lowest BCUT2D eigenvalue weighted by Gasteiger charge is -2.37. The summed E-state index contributed by atoms with van der Waals surface area (Å²) in [6.07, 6.45) is -4.83. The van der Waals surface area contributed by atoms with E-state index in [-0.39, 0.29) is 6.54 Å². The van der Waals surface area contributed by atoms with Crippen LogP contribution >= 0.6 is 12.6 Å². The lowest BCUT2D eigenvalue weighted by atomic mass is 10.00. The van der Waals surface area contributed by atoms with Crippen molar-refractivity contribution >= 4 is 12.6 Å². The molecule has 1 rings (SSSR count). The quantitative estimate of drug-likeness (QED) is 0.327. The largest absolute Gasteiger partial charge is 0.388 e. The van der Waals surface area contributed by atoms with Crippen molar-refractivity contribution in [3.63, 3.8) is 0 Å². The third-order valence-electron chi connectivity index (χ3n) is 1.94. The van der Waals surface area contributed by atoms with E-state index in [0.29, 0.717) is 0 Å². The topological polar surface area (TPSA) is 99.4 Å². The molecule has 0 aromatic carbocycles. The fourth-order valence-electron chi connectivity index (χ4n) is 1.16. The van der Waals surface area contributed by atoms with Gasteiger partial charge in [0.1, 0.15) is 36.4 Å². The summed E-state index contributed by atoms with van der Waals surface area (Å²) in [5, 5.41) is 30.3. The van der Waals surface area contributed by atoms with Crippen LogP contribution in [0.2, 0.25) is 0 Å². The van der Waals surface area contributed by atoms with Crippen molar-refractivity contribution in [2.75, 3.05) is 6.54 Å². The highest BCUT2D eigenvalue weighted by Crippen LogP contribution is 2.23. The molecule has 13 heavy (non-hydrogen) atoms. The SMILES string of the molecule is O=NCC1OC(S)C(O)C(O)C1O. The van der Waals surface area contributed by atoms with Crippen molar-refractivity contribution in [3.05, 3.63) is 4.91 Å². The van der Waals surface area contributed by atoms with Gasteiger partial charge in [-0.05, 0) is 0 Å². The lowest BCUT2D eigenvalue weighted by Crippen LogP contribution is -2.56. The van der Waals surface area contributed by atoms with E-state index < -0.39 is 29.9 Å². The van der Waals surface area contributed by atoms with Gasteiger partial charge in [0, 0.05) is 0 Å². The molecule has 1 aliphatic rings. The fraction of sp³-hybridized carbons (Fsp3) is 1.00. The van der Waals surface area contributed by atoms with E-state index in [0.717, 1.165) is 0 Å². The van der Waals surface area contributed by atoms with Crippen LogP contribution in [0.15, 0.2) is 5.18 Å². The van der Waals surface area contributed by atoms with Crippen LogP contribution in [0.1, 0.15) is 0 Å². The molecule has 0 radical (unpaired) electrons. The highest BCUT2D eigenvalue weighted by atomic mass is 32.1. The number of hydrogen-bond donors (Lipinski definition) is 4.